The lowest BCUT2D eigenvalue weighted by molar-refractivity contribution is 0.0833. The number of carbonyl (C=O) groups is 1. The molecule has 0 fully saturated rings. The molecule has 0 spiro atoms. The summed E-state index contributed by atoms with van der Waals surface area (Å²) in [5.74, 6) is 0.971. The van der Waals surface area contributed by atoms with Gasteiger partial charge >= 0.3 is 0 Å². The van der Waals surface area contributed by atoms with Crippen LogP contribution < -0.4 is 5.32 Å². The molecule has 2 heterocycles. The largest absolute Gasteiger partial charge is 0.364 e. The van der Waals surface area contributed by atoms with E-state index in [0.717, 1.165) is 0 Å². The number of fused-ring (bicyclic) bond motifs is 1. The van der Waals surface area contributed by atoms with Gasteiger partial charge in [-0.15, -0.1) is 0 Å². The van der Waals surface area contributed by atoms with Crippen LogP contribution in [0.25, 0.3) is 0 Å². The fourth-order valence-corrected chi connectivity index (χ4v) is 1.17. The van der Waals surface area contributed by atoms with Crippen molar-refractivity contribution in [1.29, 1.82) is 0 Å². The Labute approximate surface area is 75.0 Å². The normalized spacial score (nSPS) is 16.5. The third-order valence-corrected chi connectivity index (χ3v) is 2.04. The fraction of sp³-hybridized carbons (Fsp3) is 0.250. The van der Waals surface area contributed by atoms with E-state index in [2.05, 4.69) is 17.1 Å². The van der Waals surface area contributed by atoms with Gasteiger partial charge in [0.15, 0.2) is 5.76 Å². The zero-order chi connectivity index (χ0) is 9.42. The van der Waals surface area contributed by atoms with Gasteiger partial charge in [-0.05, 0) is 0 Å². The second-order valence-electron chi connectivity index (χ2n) is 2.83. The molecule has 1 aromatic rings. The van der Waals surface area contributed by atoms with E-state index >= 15 is 0 Å². The number of hydrogen-bond donors (Lipinski definition) is 1. The van der Waals surface area contributed by atoms with Crippen LogP contribution in [-0.4, -0.2) is 23.0 Å². The van der Waals surface area contributed by atoms with Crippen molar-refractivity contribution in [2.75, 3.05) is 7.05 Å². The van der Waals surface area contributed by atoms with E-state index in [1.165, 1.54) is 11.1 Å². The summed E-state index contributed by atoms with van der Waals surface area (Å²) in [7, 11) is 1.65. The van der Waals surface area contributed by atoms with Gasteiger partial charge in [0.05, 0.1) is 12.7 Å². The Morgan fingerprint density at radius 3 is 3.31 bits per heavy atom. The molecule has 5 nitrogen and oxygen atoms in total. The van der Waals surface area contributed by atoms with Gasteiger partial charge in [0, 0.05) is 7.05 Å². The van der Waals surface area contributed by atoms with Crippen LogP contribution in [0.3, 0.4) is 0 Å². The molecule has 0 aromatic carbocycles. The van der Waals surface area contributed by atoms with Gasteiger partial charge in [-0.2, -0.15) is 0 Å². The first-order valence-corrected chi connectivity index (χ1v) is 3.84. The lowest BCUT2D eigenvalue weighted by atomic mass is 10.2. The number of nitrogens with one attached hydrogen (secondary N) is 1. The van der Waals surface area contributed by atoms with Gasteiger partial charge < -0.3 is 9.84 Å². The molecular formula is C8H9N3O2. The molecule has 1 N–H and O–H groups in total. The summed E-state index contributed by atoms with van der Waals surface area (Å²) >= 11 is 0. The van der Waals surface area contributed by atoms with E-state index in [4.69, 9.17) is 4.52 Å². The minimum absolute atomic E-state index is 0.147. The maximum Gasteiger partial charge on any atom is 0.264 e. The highest BCUT2D eigenvalue weighted by Crippen LogP contribution is 2.15. The van der Waals surface area contributed by atoms with Crippen LogP contribution >= 0.6 is 0 Å². The summed E-state index contributed by atoms with van der Waals surface area (Å²) in [6.45, 7) is 4.15. The van der Waals surface area contributed by atoms with E-state index in [1.807, 2.05) is 0 Å². The van der Waals surface area contributed by atoms with E-state index in [9.17, 15) is 4.79 Å². The Hall–Kier alpha value is -1.78. The lowest BCUT2D eigenvalue weighted by Gasteiger charge is -2.16. The number of amides is 1. The average Bonchev–Trinajstić information content (AvgIpc) is 2.56. The van der Waals surface area contributed by atoms with E-state index in [0.29, 0.717) is 23.7 Å². The van der Waals surface area contributed by atoms with Crippen molar-refractivity contribution in [3.05, 3.63) is 29.9 Å². The van der Waals surface area contributed by atoms with Crippen LogP contribution in [0.1, 0.15) is 16.1 Å². The second-order valence-corrected chi connectivity index (χ2v) is 2.83. The standard InChI is InChI=1S/C8H9N3O2/c1-5-9-4-7-6(3-10-13-7)8(12)11(5)2/h3,9H,1,4H2,2H3. The van der Waals surface area contributed by atoms with Crippen LogP contribution in [0.15, 0.2) is 23.1 Å². The topological polar surface area (TPSA) is 58.4 Å². The molecule has 68 valence electrons. The van der Waals surface area contributed by atoms with E-state index < -0.39 is 0 Å². The molecule has 13 heavy (non-hydrogen) atoms. The Bertz CT molecular complexity index is 369. The summed E-state index contributed by atoms with van der Waals surface area (Å²) in [6.07, 6.45) is 1.43. The number of carbonyl (C=O) groups excluding carboxylic acids is 1. The summed E-state index contributed by atoms with van der Waals surface area (Å²) in [5, 5.41) is 6.51. The Morgan fingerprint density at radius 2 is 2.54 bits per heavy atom. The molecule has 0 bridgehead atoms. The molecule has 1 aromatic heterocycles. The summed E-state index contributed by atoms with van der Waals surface area (Å²) in [4.78, 5) is 13.1. The highest BCUT2D eigenvalue weighted by Gasteiger charge is 2.24. The second kappa shape index (κ2) is 2.62. The minimum Gasteiger partial charge on any atom is -0.364 e. The molecule has 1 aliphatic heterocycles. The molecule has 0 radical (unpaired) electrons. The van der Waals surface area contributed by atoms with Crippen molar-refractivity contribution in [2.24, 2.45) is 0 Å². The fourth-order valence-electron chi connectivity index (χ4n) is 1.17. The van der Waals surface area contributed by atoms with Gasteiger partial charge in [-0.3, -0.25) is 9.69 Å². The van der Waals surface area contributed by atoms with Crippen molar-refractivity contribution in [3.63, 3.8) is 0 Å². The van der Waals surface area contributed by atoms with Crippen molar-refractivity contribution in [1.82, 2.24) is 15.4 Å². The van der Waals surface area contributed by atoms with Crippen LogP contribution in [0.5, 0.6) is 0 Å². The Balaban J connectivity index is 2.46. The quantitative estimate of drug-likeness (QED) is 0.623. The summed E-state index contributed by atoms with van der Waals surface area (Å²) < 4.78 is 4.90. The molecular weight excluding hydrogens is 170 g/mol. The molecule has 1 amide bonds. The maximum absolute atomic E-state index is 11.6. The SMILES string of the molecule is C=C1NCc2oncc2C(=O)N1C. The van der Waals surface area contributed by atoms with Gasteiger partial charge in [0.1, 0.15) is 11.4 Å². The van der Waals surface area contributed by atoms with Crippen molar-refractivity contribution >= 4 is 5.91 Å². The lowest BCUT2D eigenvalue weighted by Crippen LogP contribution is -2.29. The predicted octanol–water partition coefficient (Wildman–Crippen LogP) is 0.321. The summed E-state index contributed by atoms with van der Waals surface area (Å²) in [6, 6.07) is 0. The predicted molar refractivity (Wildman–Crippen MR) is 44.6 cm³/mol. The highest BCUT2D eigenvalue weighted by molar-refractivity contribution is 5.96. The summed E-state index contributed by atoms with van der Waals surface area (Å²) in [5.41, 5.74) is 0.494. The molecule has 0 saturated carbocycles. The number of rotatable bonds is 0. The monoisotopic (exact) mass is 179 g/mol. The van der Waals surface area contributed by atoms with Gasteiger partial charge in [0.25, 0.3) is 5.91 Å². The van der Waals surface area contributed by atoms with Crippen molar-refractivity contribution < 1.29 is 9.32 Å². The Kier molecular flexibility index (Phi) is 1.58. The molecule has 1 aliphatic rings. The number of nitrogens with zero attached hydrogens (tertiary/aromatic N) is 2. The molecule has 0 atom stereocenters. The average molecular weight is 179 g/mol. The van der Waals surface area contributed by atoms with Crippen LogP contribution in [0, 0.1) is 0 Å². The maximum atomic E-state index is 11.6. The highest BCUT2D eigenvalue weighted by atomic mass is 16.5. The van der Waals surface area contributed by atoms with Crippen LogP contribution in [0.2, 0.25) is 0 Å². The number of aromatic nitrogens is 1. The van der Waals surface area contributed by atoms with E-state index in [-0.39, 0.29) is 5.91 Å². The van der Waals surface area contributed by atoms with Crippen LogP contribution in [-0.2, 0) is 6.54 Å². The third kappa shape index (κ3) is 1.09. The van der Waals surface area contributed by atoms with Gasteiger partial charge in [0.2, 0.25) is 0 Å². The molecule has 0 aliphatic carbocycles. The molecule has 0 unspecified atom stereocenters. The van der Waals surface area contributed by atoms with Crippen molar-refractivity contribution in [2.45, 2.75) is 6.54 Å². The minimum atomic E-state index is -0.147. The molecule has 0 saturated heterocycles. The first kappa shape index (κ1) is 7.85. The first-order chi connectivity index (χ1) is 6.20. The zero-order valence-electron chi connectivity index (χ0n) is 7.20. The van der Waals surface area contributed by atoms with Crippen LogP contribution in [0.4, 0.5) is 0 Å². The number of hydrogen-bond acceptors (Lipinski definition) is 4. The Morgan fingerprint density at radius 1 is 1.77 bits per heavy atom. The van der Waals surface area contributed by atoms with Gasteiger partial charge in [-0.1, -0.05) is 11.7 Å². The molecule has 2 rings (SSSR count). The van der Waals surface area contributed by atoms with Crippen molar-refractivity contribution in [3.8, 4) is 0 Å². The zero-order valence-corrected chi connectivity index (χ0v) is 7.20. The third-order valence-electron chi connectivity index (χ3n) is 2.04. The first-order valence-electron chi connectivity index (χ1n) is 3.84. The van der Waals surface area contributed by atoms with Gasteiger partial charge in [-0.25, -0.2) is 0 Å². The van der Waals surface area contributed by atoms with E-state index in [1.54, 1.807) is 7.05 Å². The molecule has 5 heteroatoms. The smallest absolute Gasteiger partial charge is 0.264 e.